The Morgan fingerprint density at radius 3 is 2.60 bits per heavy atom. The minimum atomic E-state index is -0.424. The van der Waals surface area contributed by atoms with Crippen LogP contribution in [0.15, 0.2) is 49.1 Å². The molecule has 0 aliphatic carbocycles. The second-order valence-corrected chi connectivity index (χ2v) is 5.85. The highest BCUT2D eigenvalue weighted by Gasteiger charge is 2.13. The van der Waals surface area contributed by atoms with Gasteiger partial charge in [-0.15, -0.1) is 0 Å². The van der Waals surface area contributed by atoms with Crippen molar-refractivity contribution in [2.45, 2.75) is 13.5 Å². The van der Waals surface area contributed by atoms with Crippen LogP contribution in [-0.4, -0.2) is 19.2 Å². The molecule has 0 heterocycles. The van der Waals surface area contributed by atoms with Crippen molar-refractivity contribution in [2.75, 3.05) is 13.2 Å². The quantitative estimate of drug-likeness (QED) is 0.459. The first kappa shape index (κ1) is 19.2. The molecule has 2 aromatic carbocycles. The molecular formula is C19H18Cl2O4. The van der Waals surface area contributed by atoms with Crippen LogP contribution in [0.3, 0.4) is 0 Å². The zero-order valence-corrected chi connectivity index (χ0v) is 15.3. The van der Waals surface area contributed by atoms with E-state index >= 15 is 0 Å². The topological polar surface area (TPSA) is 44.8 Å². The van der Waals surface area contributed by atoms with Crippen molar-refractivity contribution in [1.29, 1.82) is 0 Å². The third kappa shape index (κ3) is 5.41. The molecule has 0 atom stereocenters. The van der Waals surface area contributed by atoms with Crippen LogP contribution in [0.5, 0.6) is 11.5 Å². The molecule has 0 saturated carbocycles. The second-order valence-electron chi connectivity index (χ2n) is 5.01. The van der Waals surface area contributed by atoms with Crippen molar-refractivity contribution < 1.29 is 19.0 Å². The van der Waals surface area contributed by atoms with Crippen molar-refractivity contribution in [2.24, 2.45) is 0 Å². The van der Waals surface area contributed by atoms with Gasteiger partial charge in [-0.25, -0.2) is 4.79 Å². The molecule has 6 heteroatoms. The fourth-order valence-electron chi connectivity index (χ4n) is 2.02. The molecule has 0 unspecified atom stereocenters. The summed E-state index contributed by atoms with van der Waals surface area (Å²) in [6.07, 6.45) is 1.62. The smallest absolute Gasteiger partial charge is 0.338 e. The fraction of sp³-hybridized carbons (Fsp3) is 0.211. The van der Waals surface area contributed by atoms with E-state index in [4.69, 9.17) is 37.4 Å². The van der Waals surface area contributed by atoms with E-state index in [9.17, 15) is 4.79 Å². The molecular weight excluding hydrogens is 363 g/mol. The van der Waals surface area contributed by atoms with Crippen molar-refractivity contribution in [3.05, 3.63) is 70.2 Å². The van der Waals surface area contributed by atoms with Gasteiger partial charge in [0, 0.05) is 15.6 Å². The number of carbonyl (C=O) groups excluding carboxylic acids is 1. The summed E-state index contributed by atoms with van der Waals surface area (Å²) < 4.78 is 16.4. The van der Waals surface area contributed by atoms with Gasteiger partial charge in [0.25, 0.3) is 0 Å². The van der Waals surface area contributed by atoms with Gasteiger partial charge >= 0.3 is 5.97 Å². The van der Waals surface area contributed by atoms with E-state index in [0.717, 1.165) is 5.56 Å². The molecule has 0 N–H and O–H groups in total. The Bertz CT molecular complexity index is 759. The SMILES string of the molecule is C=CCOc1ccc(C(=O)OCC)cc1OCc1ccc(Cl)cc1Cl. The van der Waals surface area contributed by atoms with Gasteiger partial charge in [-0.2, -0.15) is 0 Å². The maximum absolute atomic E-state index is 11.9. The van der Waals surface area contributed by atoms with E-state index in [2.05, 4.69) is 6.58 Å². The predicted molar refractivity (Wildman–Crippen MR) is 98.9 cm³/mol. The lowest BCUT2D eigenvalue weighted by atomic mass is 10.2. The second kappa shape index (κ2) is 9.35. The molecule has 132 valence electrons. The zero-order valence-electron chi connectivity index (χ0n) is 13.8. The van der Waals surface area contributed by atoms with Crippen LogP contribution in [-0.2, 0) is 11.3 Å². The molecule has 0 aromatic heterocycles. The summed E-state index contributed by atoms with van der Waals surface area (Å²) in [6.45, 7) is 6.18. The Balaban J connectivity index is 2.23. The van der Waals surface area contributed by atoms with Gasteiger partial charge in [0.15, 0.2) is 11.5 Å². The maximum Gasteiger partial charge on any atom is 0.338 e. The third-order valence-electron chi connectivity index (χ3n) is 3.21. The summed E-state index contributed by atoms with van der Waals surface area (Å²) in [5.41, 5.74) is 1.15. The summed E-state index contributed by atoms with van der Waals surface area (Å²) in [7, 11) is 0. The molecule has 25 heavy (non-hydrogen) atoms. The average Bonchev–Trinajstić information content (AvgIpc) is 2.59. The Labute approximate surface area is 156 Å². The number of carbonyl (C=O) groups is 1. The number of benzene rings is 2. The standard InChI is InChI=1S/C19H18Cl2O4/c1-3-9-24-17-8-6-13(19(22)23-4-2)10-18(17)25-12-14-5-7-15(20)11-16(14)21/h3,5-8,10-11H,1,4,9,12H2,2H3. The number of rotatable bonds is 8. The summed E-state index contributed by atoms with van der Waals surface area (Å²) in [5.74, 6) is 0.489. The van der Waals surface area contributed by atoms with Gasteiger partial charge in [-0.1, -0.05) is 41.9 Å². The summed E-state index contributed by atoms with van der Waals surface area (Å²) in [5, 5.41) is 1.05. The third-order valence-corrected chi connectivity index (χ3v) is 3.80. The molecule has 4 nitrogen and oxygen atoms in total. The van der Waals surface area contributed by atoms with Gasteiger partial charge < -0.3 is 14.2 Å². The number of hydrogen-bond acceptors (Lipinski definition) is 4. The van der Waals surface area contributed by atoms with Crippen LogP contribution >= 0.6 is 23.2 Å². The molecule has 0 fully saturated rings. The highest BCUT2D eigenvalue weighted by molar-refractivity contribution is 6.35. The van der Waals surface area contributed by atoms with Gasteiger partial charge in [0.2, 0.25) is 0 Å². The van der Waals surface area contributed by atoms with Crippen molar-refractivity contribution in [1.82, 2.24) is 0 Å². The van der Waals surface area contributed by atoms with Gasteiger partial charge in [-0.05, 0) is 37.3 Å². The number of halogens is 2. The first-order valence-electron chi connectivity index (χ1n) is 7.66. The molecule has 0 aliphatic heterocycles. The monoisotopic (exact) mass is 380 g/mol. The van der Waals surface area contributed by atoms with Gasteiger partial charge in [0.1, 0.15) is 13.2 Å². The lowest BCUT2D eigenvalue weighted by Gasteiger charge is -2.14. The summed E-state index contributed by atoms with van der Waals surface area (Å²) >= 11 is 12.1. The Kier molecular flexibility index (Phi) is 7.16. The molecule has 0 saturated heterocycles. The number of esters is 1. The van der Waals surface area contributed by atoms with E-state index in [1.165, 1.54) is 0 Å². The fourth-order valence-corrected chi connectivity index (χ4v) is 2.49. The first-order chi connectivity index (χ1) is 12.0. The average molecular weight is 381 g/mol. The Morgan fingerprint density at radius 1 is 1.12 bits per heavy atom. The van der Waals surface area contributed by atoms with Crippen LogP contribution in [0.4, 0.5) is 0 Å². The molecule has 2 aromatic rings. The van der Waals surface area contributed by atoms with Crippen LogP contribution in [0, 0.1) is 0 Å². The van der Waals surface area contributed by atoms with Crippen LogP contribution in [0.1, 0.15) is 22.8 Å². The van der Waals surface area contributed by atoms with Crippen LogP contribution < -0.4 is 9.47 Å². The van der Waals surface area contributed by atoms with Crippen molar-refractivity contribution in [3.8, 4) is 11.5 Å². The van der Waals surface area contributed by atoms with E-state index in [1.807, 2.05) is 0 Å². The summed E-state index contributed by atoms with van der Waals surface area (Å²) in [6, 6.07) is 10.0. The normalized spacial score (nSPS) is 10.2. The van der Waals surface area contributed by atoms with Gasteiger partial charge in [-0.3, -0.25) is 0 Å². The molecule has 0 bridgehead atoms. The lowest BCUT2D eigenvalue weighted by Crippen LogP contribution is -2.06. The molecule has 0 radical (unpaired) electrons. The lowest BCUT2D eigenvalue weighted by molar-refractivity contribution is 0.0525. The van der Waals surface area contributed by atoms with Crippen molar-refractivity contribution in [3.63, 3.8) is 0 Å². The molecule has 0 amide bonds. The van der Waals surface area contributed by atoms with E-state index < -0.39 is 5.97 Å². The minimum Gasteiger partial charge on any atom is -0.486 e. The van der Waals surface area contributed by atoms with Crippen LogP contribution in [0.2, 0.25) is 10.0 Å². The van der Waals surface area contributed by atoms with E-state index in [0.29, 0.717) is 40.3 Å². The number of ether oxygens (including phenoxy) is 3. The molecule has 2 rings (SSSR count). The van der Waals surface area contributed by atoms with E-state index in [1.54, 1.807) is 49.4 Å². The minimum absolute atomic E-state index is 0.201. The predicted octanol–water partition coefficient (Wildman–Crippen LogP) is 5.31. The van der Waals surface area contributed by atoms with Gasteiger partial charge in [0.05, 0.1) is 12.2 Å². The van der Waals surface area contributed by atoms with Crippen LogP contribution in [0.25, 0.3) is 0 Å². The zero-order chi connectivity index (χ0) is 18.2. The highest BCUT2D eigenvalue weighted by Crippen LogP contribution is 2.31. The maximum atomic E-state index is 11.9. The molecule has 0 spiro atoms. The van der Waals surface area contributed by atoms with Crippen molar-refractivity contribution >= 4 is 29.2 Å². The highest BCUT2D eigenvalue weighted by atomic mass is 35.5. The largest absolute Gasteiger partial charge is 0.486 e. The van der Waals surface area contributed by atoms with E-state index in [-0.39, 0.29) is 6.61 Å². The Morgan fingerprint density at radius 2 is 1.92 bits per heavy atom. The Hall–Kier alpha value is -2.17. The number of hydrogen-bond donors (Lipinski definition) is 0. The summed E-state index contributed by atoms with van der Waals surface area (Å²) in [4.78, 5) is 11.9. The molecule has 0 aliphatic rings. The first-order valence-corrected chi connectivity index (χ1v) is 8.42.